The molecule has 2 aromatic carbocycles. The van der Waals surface area contributed by atoms with Gasteiger partial charge in [0.05, 0.1) is 0 Å². The van der Waals surface area contributed by atoms with Crippen molar-refractivity contribution in [1.29, 1.82) is 0 Å². The summed E-state index contributed by atoms with van der Waals surface area (Å²) in [5, 5.41) is 2.77. The van der Waals surface area contributed by atoms with Gasteiger partial charge in [-0.15, -0.1) is 0 Å². The van der Waals surface area contributed by atoms with E-state index in [4.69, 9.17) is 0 Å². The van der Waals surface area contributed by atoms with Gasteiger partial charge in [-0.25, -0.2) is 0 Å². The molecule has 0 aliphatic heterocycles. The minimum absolute atomic E-state index is 0.782. The Balaban J connectivity index is 2.06. The number of fused-ring (bicyclic) bond motifs is 3. The van der Waals surface area contributed by atoms with E-state index in [9.17, 15) is 0 Å². The van der Waals surface area contributed by atoms with Gasteiger partial charge >= 0.3 is 0 Å². The van der Waals surface area contributed by atoms with Crippen molar-refractivity contribution in [2.75, 3.05) is 0 Å². The lowest BCUT2D eigenvalue weighted by Gasteiger charge is -2.17. The van der Waals surface area contributed by atoms with E-state index in [1.54, 1.807) is 0 Å². The lowest BCUT2D eigenvalue weighted by Crippen LogP contribution is -2.10. The van der Waals surface area contributed by atoms with Crippen molar-refractivity contribution in [3.8, 4) is 0 Å². The predicted molar refractivity (Wildman–Crippen MR) is 92.8 cm³/mol. The predicted octanol–water partition coefficient (Wildman–Crippen LogP) is 6.01. The van der Waals surface area contributed by atoms with Gasteiger partial charge in [0, 0.05) is 28.4 Å². The normalized spacial score (nSPS) is 13.0. The fraction of sp³-hybridized carbons (Fsp3) is 0.400. The van der Waals surface area contributed by atoms with Crippen molar-refractivity contribution < 1.29 is 0 Å². The van der Waals surface area contributed by atoms with Gasteiger partial charge in [0.15, 0.2) is 0 Å². The minimum atomic E-state index is 0.782. The van der Waals surface area contributed by atoms with Gasteiger partial charge in [-0.2, -0.15) is 0 Å². The zero-order chi connectivity index (χ0) is 14.7. The van der Waals surface area contributed by atoms with Crippen molar-refractivity contribution in [2.45, 2.75) is 46.1 Å². The number of hydrogen-bond acceptors (Lipinski definition) is 0. The number of hydrogen-bond donors (Lipinski definition) is 0. The Morgan fingerprint density at radius 2 is 1.43 bits per heavy atom. The molecule has 0 unspecified atom stereocenters. The molecule has 110 valence electrons. The second-order valence-corrected chi connectivity index (χ2v) is 6.06. The number of unbranched alkanes of at least 4 members (excludes halogenated alkanes) is 1. The van der Waals surface area contributed by atoms with Crippen LogP contribution in [0.1, 0.15) is 39.5 Å². The molecule has 21 heavy (non-hydrogen) atoms. The van der Waals surface area contributed by atoms with E-state index in [-0.39, 0.29) is 0 Å². The summed E-state index contributed by atoms with van der Waals surface area (Å²) in [6, 6.07) is 17.6. The first-order chi connectivity index (χ1) is 10.3. The van der Waals surface area contributed by atoms with E-state index in [1.807, 2.05) is 0 Å². The average Bonchev–Trinajstić information content (AvgIpc) is 2.86. The molecule has 0 saturated carbocycles. The van der Waals surface area contributed by atoms with Crippen LogP contribution in [0.5, 0.6) is 0 Å². The van der Waals surface area contributed by atoms with Crippen LogP contribution in [0.2, 0.25) is 0 Å². The number of rotatable bonds is 6. The van der Waals surface area contributed by atoms with Crippen LogP contribution < -0.4 is 0 Å². The van der Waals surface area contributed by atoms with E-state index in [0.29, 0.717) is 0 Å². The van der Waals surface area contributed by atoms with Gasteiger partial charge in [-0.3, -0.25) is 0 Å². The molecule has 1 atom stereocenters. The molecule has 1 aromatic heterocycles. The fourth-order valence-electron chi connectivity index (χ4n) is 3.38. The molecule has 3 aromatic rings. The maximum absolute atomic E-state index is 2.54. The molecule has 1 nitrogen and oxygen atoms in total. The van der Waals surface area contributed by atoms with E-state index < -0.39 is 0 Å². The molecule has 0 fully saturated rings. The van der Waals surface area contributed by atoms with Gasteiger partial charge in [0.2, 0.25) is 0 Å². The lowest BCUT2D eigenvalue weighted by molar-refractivity contribution is 0.401. The Labute approximate surface area is 127 Å². The third-order valence-electron chi connectivity index (χ3n) is 4.66. The summed E-state index contributed by atoms with van der Waals surface area (Å²) in [4.78, 5) is 0. The standard InChI is InChI=1S/C20H25N/c1-3-5-10-16(4-2)15-21-19-13-8-6-11-17(19)18-12-7-9-14-20(18)21/h6-9,11-14,16H,3-5,10,15H2,1-2H3/t16-/m0/s1. The Kier molecular flexibility index (Phi) is 4.28. The number of benzene rings is 2. The summed E-state index contributed by atoms with van der Waals surface area (Å²) in [6.45, 7) is 5.76. The van der Waals surface area contributed by atoms with Crippen LogP contribution in [-0.4, -0.2) is 4.57 Å². The van der Waals surface area contributed by atoms with Crippen molar-refractivity contribution in [2.24, 2.45) is 5.92 Å². The maximum Gasteiger partial charge on any atom is 0.0491 e. The molecule has 0 aliphatic rings. The molecule has 0 saturated heterocycles. The molecule has 1 heterocycles. The molecule has 0 radical (unpaired) electrons. The molecule has 0 amide bonds. The summed E-state index contributed by atoms with van der Waals surface area (Å²) in [6.07, 6.45) is 5.24. The largest absolute Gasteiger partial charge is 0.340 e. The number of nitrogens with zero attached hydrogens (tertiary/aromatic N) is 1. The third-order valence-corrected chi connectivity index (χ3v) is 4.66. The summed E-state index contributed by atoms with van der Waals surface area (Å²) in [5.41, 5.74) is 2.77. The van der Waals surface area contributed by atoms with Gasteiger partial charge in [-0.05, 0) is 24.5 Å². The van der Waals surface area contributed by atoms with Crippen molar-refractivity contribution in [1.82, 2.24) is 4.57 Å². The second kappa shape index (κ2) is 6.34. The highest BCUT2D eigenvalue weighted by Gasteiger charge is 2.13. The second-order valence-electron chi connectivity index (χ2n) is 6.06. The Morgan fingerprint density at radius 1 is 0.857 bits per heavy atom. The highest BCUT2D eigenvalue weighted by atomic mass is 15.0. The summed E-state index contributed by atoms with van der Waals surface area (Å²) < 4.78 is 2.54. The van der Waals surface area contributed by atoms with Crippen LogP contribution in [-0.2, 0) is 6.54 Å². The first-order valence-electron chi connectivity index (χ1n) is 8.31. The minimum Gasteiger partial charge on any atom is -0.340 e. The molecular formula is C20H25N. The smallest absolute Gasteiger partial charge is 0.0491 e. The Morgan fingerprint density at radius 3 is 1.95 bits per heavy atom. The van der Waals surface area contributed by atoms with Crippen LogP contribution >= 0.6 is 0 Å². The third kappa shape index (κ3) is 2.70. The molecule has 0 aliphatic carbocycles. The Hall–Kier alpha value is -1.76. The highest BCUT2D eigenvalue weighted by Crippen LogP contribution is 2.30. The van der Waals surface area contributed by atoms with Gasteiger partial charge < -0.3 is 4.57 Å². The Bertz CT molecular complexity index is 670. The highest BCUT2D eigenvalue weighted by molar-refractivity contribution is 6.07. The van der Waals surface area contributed by atoms with Crippen molar-refractivity contribution in [3.05, 3.63) is 48.5 Å². The molecule has 3 rings (SSSR count). The van der Waals surface area contributed by atoms with Crippen LogP contribution in [0.4, 0.5) is 0 Å². The van der Waals surface area contributed by atoms with Gasteiger partial charge in [0.25, 0.3) is 0 Å². The molecule has 0 N–H and O–H groups in total. The summed E-state index contributed by atoms with van der Waals surface area (Å²) in [5.74, 6) is 0.782. The molecule has 0 bridgehead atoms. The van der Waals surface area contributed by atoms with E-state index >= 15 is 0 Å². The first kappa shape index (κ1) is 14.2. The lowest BCUT2D eigenvalue weighted by atomic mass is 9.99. The zero-order valence-electron chi connectivity index (χ0n) is 13.2. The van der Waals surface area contributed by atoms with Crippen LogP contribution in [0, 0.1) is 5.92 Å². The van der Waals surface area contributed by atoms with Gasteiger partial charge in [0.1, 0.15) is 0 Å². The average molecular weight is 279 g/mol. The number of para-hydroxylation sites is 2. The fourth-order valence-corrected chi connectivity index (χ4v) is 3.38. The van der Waals surface area contributed by atoms with E-state index in [0.717, 1.165) is 12.5 Å². The SMILES string of the molecule is CCCC[C@H](CC)Cn1c2ccccc2c2ccccc21. The summed E-state index contributed by atoms with van der Waals surface area (Å²) >= 11 is 0. The quantitative estimate of drug-likeness (QED) is 0.520. The number of aromatic nitrogens is 1. The van der Waals surface area contributed by atoms with Crippen LogP contribution in [0.25, 0.3) is 21.8 Å². The first-order valence-corrected chi connectivity index (χ1v) is 8.31. The van der Waals surface area contributed by atoms with E-state index in [2.05, 4.69) is 66.9 Å². The molecule has 0 spiro atoms. The van der Waals surface area contributed by atoms with E-state index in [1.165, 1.54) is 47.5 Å². The monoisotopic (exact) mass is 279 g/mol. The van der Waals surface area contributed by atoms with Gasteiger partial charge in [-0.1, -0.05) is 69.5 Å². The topological polar surface area (TPSA) is 4.93 Å². The van der Waals surface area contributed by atoms with Crippen molar-refractivity contribution in [3.63, 3.8) is 0 Å². The zero-order valence-corrected chi connectivity index (χ0v) is 13.2. The van der Waals surface area contributed by atoms with Crippen LogP contribution in [0.15, 0.2) is 48.5 Å². The molecular weight excluding hydrogens is 254 g/mol. The maximum atomic E-state index is 2.54. The molecule has 1 heteroatoms. The van der Waals surface area contributed by atoms with Crippen LogP contribution in [0.3, 0.4) is 0 Å². The van der Waals surface area contributed by atoms with Crippen molar-refractivity contribution >= 4 is 21.8 Å². The summed E-state index contributed by atoms with van der Waals surface area (Å²) in [7, 11) is 0.